The van der Waals surface area contributed by atoms with Crippen LogP contribution in [0.1, 0.15) is 292 Å². The molecule has 7 aliphatic carbocycles. The zero-order valence-electron chi connectivity index (χ0n) is 60.7. The maximum absolute atomic E-state index is 11.8. The molecular weight excluding hydrogens is 1050 g/mol. The van der Waals surface area contributed by atoms with Crippen LogP contribution in [0.2, 0.25) is 0 Å². The number of piperidine rings is 2. The third kappa shape index (κ3) is 33.8. The Balaban J connectivity index is 0.000000337. The number of carbonyl (C=O) groups excluding carboxylic acids is 1. The van der Waals surface area contributed by atoms with Crippen molar-refractivity contribution in [3.8, 4) is 18.2 Å². The lowest BCUT2D eigenvalue weighted by Crippen LogP contribution is -2.40. The molecule has 86 heavy (non-hydrogen) atoms. The second-order valence-electron chi connectivity index (χ2n) is 32.1. The number of likely N-dealkylation sites (tertiary alicyclic amines) is 2. The molecule has 2 saturated heterocycles. The van der Waals surface area contributed by atoms with Gasteiger partial charge in [-0.2, -0.15) is 15.8 Å². The van der Waals surface area contributed by atoms with Gasteiger partial charge in [0.25, 0.3) is 0 Å². The highest BCUT2D eigenvalue weighted by Crippen LogP contribution is 2.41. The predicted molar refractivity (Wildman–Crippen MR) is 367 cm³/mol. The molecular formula is C78H145N5O3. The van der Waals surface area contributed by atoms with Crippen LogP contribution in [0, 0.1) is 158 Å². The van der Waals surface area contributed by atoms with E-state index in [1.54, 1.807) is 0 Å². The molecule has 500 valence electrons. The van der Waals surface area contributed by atoms with Crippen molar-refractivity contribution in [1.82, 2.24) is 9.80 Å². The minimum absolute atomic E-state index is 0.366. The number of nitrogens with zero attached hydrogens (tertiary/aromatic N) is 5. The van der Waals surface area contributed by atoms with Gasteiger partial charge in [-0.1, -0.05) is 125 Å². The Morgan fingerprint density at radius 3 is 0.826 bits per heavy atom. The van der Waals surface area contributed by atoms with E-state index in [9.17, 15) is 4.79 Å². The normalized spacial score (nSPS) is 27.9. The van der Waals surface area contributed by atoms with E-state index in [-0.39, 0.29) is 0 Å². The van der Waals surface area contributed by atoms with E-state index >= 15 is 0 Å². The SMILES string of the molecule is CC(C)C1CCC(C#N)CC1.CC(C)C1CCC(C#N)CC1.CC(C)C1CCN(C(=O)C2CC2)CC1.CC(C)C1CCN(CC#N)CC1.CC(C)[C@@H](C)C1CC1.CC(C)[C@H](C)C1CC1.COC1CCC(C(C)C)CC1.COC1CCC(C(C)C)CC1. The van der Waals surface area contributed by atoms with E-state index < -0.39 is 0 Å². The number of methoxy groups -OCH3 is 2. The minimum Gasteiger partial charge on any atom is -0.381 e. The van der Waals surface area contributed by atoms with Crippen LogP contribution in [-0.2, 0) is 14.3 Å². The second kappa shape index (κ2) is 44.3. The molecule has 0 aromatic heterocycles. The van der Waals surface area contributed by atoms with Gasteiger partial charge in [-0.25, -0.2) is 0 Å². The monoisotopic (exact) mass is 1200 g/mol. The van der Waals surface area contributed by atoms with E-state index in [4.69, 9.17) is 25.3 Å². The molecule has 7 saturated carbocycles. The Labute approximate surface area is 536 Å². The molecule has 1 amide bonds. The van der Waals surface area contributed by atoms with Gasteiger partial charge in [0, 0.05) is 45.1 Å². The van der Waals surface area contributed by atoms with Crippen molar-refractivity contribution in [1.29, 1.82) is 15.8 Å². The van der Waals surface area contributed by atoms with Crippen molar-refractivity contribution >= 4 is 5.91 Å². The standard InChI is InChI=1S/C12H21NO.C10H18N2.2C10H17N.2C10H20O.2C8H16/c1-9(2)10-5-7-13(8-6-10)12(14)11-3-4-11;1-9(2)10-3-6-12(7-4-10)8-5-11;2*1-8(2)10-5-3-9(7-11)4-6-10;2*1-8(2)9-4-6-10(11-3)7-5-9;2*1-6(2)7(3)8-4-5-8/h9-11H,3-8H2,1-2H3;9-10H,3-4,6-8H2,1-2H3;2*8-10H,3-6H2,1-2H3;2*8-10H,4-7H2,1-3H3;2*6-8H,4-5H2,1-3H3/t;;;;;;2*7-/m......10/s1. The van der Waals surface area contributed by atoms with Crippen molar-refractivity contribution in [2.75, 3.05) is 46.9 Å². The third-order valence-electron chi connectivity index (χ3n) is 23.2. The number of hydrogen-bond donors (Lipinski definition) is 0. The summed E-state index contributed by atoms with van der Waals surface area (Å²) < 4.78 is 10.6. The summed E-state index contributed by atoms with van der Waals surface area (Å²) in [5.74, 6) is 17.9. The summed E-state index contributed by atoms with van der Waals surface area (Å²) in [7, 11) is 3.67. The van der Waals surface area contributed by atoms with E-state index in [2.05, 4.69) is 153 Å². The van der Waals surface area contributed by atoms with Crippen LogP contribution in [0.15, 0.2) is 0 Å². The summed E-state index contributed by atoms with van der Waals surface area (Å²) in [5.41, 5.74) is 0. The Morgan fingerprint density at radius 1 is 0.360 bits per heavy atom. The Hall–Kier alpha value is -2.18. The summed E-state index contributed by atoms with van der Waals surface area (Å²) in [5, 5.41) is 25.8. The fourth-order valence-corrected chi connectivity index (χ4v) is 14.4. The number of amides is 1. The molecule has 0 bridgehead atoms. The highest BCUT2D eigenvalue weighted by molar-refractivity contribution is 5.81. The Kier molecular flexibility index (Phi) is 41.2. The number of carbonyl (C=O) groups is 1. The van der Waals surface area contributed by atoms with Crippen LogP contribution in [-0.4, -0.2) is 74.9 Å². The smallest absolute Gasteiger partial charge is 0.225 e. The van der Waals surface area contributed by atoms with Crippen LogP contribution in [0.25, 0.3) is 0 Å². The van der Waals surface area contributed by atoms with Crippen LogP contribution >= 0.6 is 0 Å². The summed E-state index contributed by atoms with van der Waals surface area (Å²) >= 11 is 0. The first-order valence-electron chi connectivity index (χ1n) is 37.0. The molecule has 9 aliphatic rings. The fraction of sp³-hybridized carbons (Fsp3) is 0.949. The third-order valence-corrected chi connectivity index (χ3v) is 23.2. The molecule has 0 unspecified atom stereocenters. The van der Waals surface area contributed by atoms with Crippen molar-refractivity contribution in [3.63, 3.8) is 0 Å². The highest BCUT2D eigenvalue weighted by Gasteiger charge is 2.36. The largest absolute Gasteiger partial charge is 0.381 e. The number of rotatable bonds is 14. The van der Waals surface area contributed by atoms with Crippen LogP contribution in [0.5, 0.6) is 0 Å². The van der Waals surface area contributed by atoms with Gasteiger partial charge in [0.15, 0.2) is 0 Å². The molecule has 0 aromatic rings. The zero-order chi connectivity index (χ0) is 64.5. The second-order valence-corrected chi connectivity index (χ2v) is 32.1. The lowest BCUT2D eigenvalue weighted by Gasteiger charge is -2.34. The van der Waals surface area contributed by atoms with Crippen LogP contribution in [0.3, 0.4) is 0 Å². The zero-order valence-corrected chi connectivity index (χ0v) is 60.7. The molecule has 8 heteroatoms. The predicted octanol–water partition coefficient (Wildman–Crippen LogP) is 21.2. The Morgan fingerprint density at radius 2 is 0.616 bits per heavy atom. The minimum atomic E-state index is 0.366. The van der Waals surface area contributed by atoms with E-state index in [1.165, 1.54) is 128 Å². The maximum atomic E-state index is 11.8. The van der Waals surface area contributed by atoms with Crippen molar-refractivity contribution in [2.45, 2.75) is 304 Å². The Bertz CT molecular complexity index is 1710. The molecule has 9 fully saturated rings. The first-order chi connectivity index (χ1) is 40.8. The van der Waals surface area contributed by atoms with Gasteiger partial charge in [0.1, 0.15) is 0 Å². The van der Waals surface area contributed by atoms with Gasteiger partial charge in [-0.05, 0) is 287 Å². The van der Waals surface area contributed by atoms with Crippen LogP contribution in [0.4, 0.5) is 0 Å². The molecule has 2 atom stereocenters. The van der Waals surface area contributed by atoms with Gasteiger partial charge in [0.05, 0.1) is 37.0 Å². The first kappa shape index (κ1) is 79.9. The van der Waals surface area contributed by atoms with Gasteiger partial charge in [-0.15, -0.1) is 0 Å². The van der Waals surface area contributed by atoms with Gasteiger partial charge in [-0.3, -0.25) is 9.69 Å². The van der Waals surface area contributed by atoms with E-state index in [1.807, 2.05) is 14.2 Å². The summed E-state index contributed by atoms with van der Waals surface area (Å²) in [6, 6.07) is 6.93. The quantitative estimate of drug-likeness (QED) is 0.159. The number of nitriles is 3. The van der Waals surface area contributed by atoms with E-state index in [0.717, 1.165) is 171 Å². The maximum Gasteiger partial charge on any atom is 0.225 e. The molecule has 2 aliphatic heterocycles. The summed E-state index contributed by atoms with van der Waals surface area (Å²) in [4.78, 5) is 16.1. The number of hydrogen-bond acceptors (Lipinski definition) is 7. The average molecular weight is 1200 g/mol. The summed E-state index contributed by atoms with van der Waals surface area (Å²) in [6.45, 7) is 46.6. The molecule has 2 heterocycles. The van der Waals surface area contributed by atoms with E-state index in [0.29, 0.717) is 42.4 Å². The fourth-order valence-electron chi connectivity index (χ4n) is 14.4. The van der Waals surface area contributed by atoms with Crippen molar-refractivity contribution in [2.24, 2.45) is 124 Å². The molecule has 8 nitrogen and oxygen atoms in total. The van der Waals surface area contributed by atoms with Crippen molar-refractivity contribution < 1.29 is 14.3 Å². The topological polar surface area (TPSA) is 113 Å². The van der Waals surface area contributed by atoms with Crippen molar-refractivity contribution in [3.05, 3.63) is 0 Å². The van der Waals surface area contributed by atoms with Gasteiger partial charge >= 0.3 is 0 Å². The lowest BCUT2D eigenvalue weighted by molar-refractivity contribution is -0.134. The molecule has 0 radical (unpaired) electrons. The van der Waals surface area contributed by atoms with Gasteiger partial charge < -0.3 is 14.4 Å². The van der Waals surface area contributed by atoms with Crippen LogP contribution < -0.4 is 0 Å². The summed E-state index contributed by atoms with van der Waals surface area (Å²) in [6.07, 6.45) is 34.6. The first-order valence-corrected chi connectivity index (χ1v) is 37.0. The van der Waals surface area contributed by atoms with Gasteiger partial charge in [0.2, 0.25) is 5.91 Å². The number of ether oxygens (including phenoxy) is 2. The average Bonchev–Trinajstić information content (AvgIpc) is 4.53. The molecule has 0 aromatic carbocycles. The lowest BCUT2D eigenvalue weighted by atomic mass is 9.77. The molecule has 0 spiro atoms. The molecule has 0 N–H and O–H groups in total. The molecule has 9 rings (SSSR count). The highest BCUT2D eigenvalue weighted by atomic mass is 16.5.